The Morgan fingerprint density at radius 3 is 2.65 bits per heavy atom. The van der Waals surface area contributed by atoms with Crippen LogP contribution in [0.5, 0.6) is 5.75 Å². The maximum atomic E-state index is 14.0. The number of fused-ring (bicyclic) bond motifs is 5. The van der Waals surface area contributed by atoms with Crippen LogP contribution in [0.15, 0.2) is 18.2 Å². The Morgan fingerprint density at radius 2 is 1.88 bits per heavy atom. The number of anilines is 1. The summed E-state index contributed by atoms with van der Waals surface area (Å²) in [6, 6.07) is 3.69. The molecule has 3 N–H and O–H groups in total. The highest BCUT2D eigenvalue weighted by atomic mass is 16.5. The van der Waals surface area contributed by atoms with E-state index < -0.39 is 33.6 Å². The molecule has 5 atom stereocenters. The summed E-state index contributed by atoms with van der Waals surface area (Å²) in [4.78, 5) is 43.0. The second-order valence-corrected chi connectivity index (χ2v) is 12.0. The van der Waals surface area contributed by atoms with Crippen LogP contribution in [0.1, 0.15) is 58.1 Å². The Hall–Kier alpha value is -2.87. The van der Waals surface area contributed by atoms with E-state index in [1.807, 2.05) is 52.0 Å². The lowest BCUT2D eigenvalue weighted by Crippen LogP contribution is -2.83. The number of rotatable bonds is 0. The van der Waals surface area contributed by atoms with E-state index in [-0.39, 0.29) is 23.6 Å². The normalized spacial score (nSPS) is 41.6. The molecule has 34 heavy (non-hydrogen) atoms. The Bertz CT molecular complexity index is 1270. The summed E-state index contributed by atoms with van der Waals surface area (Å²) in [5, 5.41) is 18.2. The molecule has 8 nitrogen and oxygen atoms in total. The van der Waals surface area contributed by atoms with Crippen LogP contribution in [0, 0.1) is 11.3 Å². The summed E-state index contributed by atoms with van der Waals surface area (Å²) >= 11 is 0. The first-order valence-corrected chi connectivity index (χ1v) is 12.1. The van der Waals surface area contributed by atoms with Gasteiger partial charge in [0, 0.05) is 18.0 Å². The van der Waals surface area contributed by atoms with Gasteiger partial charge in [0.1, 0.15) is 33.9 Å². The van der Waals surface area contributed by atoms with E-state index in [1.165, 1.54) is 0 Å². The van der Waals surface area contributed by atoms with Gasteiger partial charge in [-0.25, -0.2) is 0 Å². The van der Waals surface area contributed by atoms with Crippen molar-refractivity contribution in [2.24, 2.45) is 11.3 Å². The molecule has 178 valence electrons. The van der Waals surface area contributed by atoms with Gasteiger partial charge in [-0.3, -0.25) is 14.4 Å². The number of nitrogens with zero attached hydrogens (tertiary/aromatic N) is 1. The molecule has 4 saturated heterocycles. The molecule has 6 heterocycles. The number of piperazine rings is 1. The maximum absolute atomic E-state index is 14.0. The van der Waals surface area contributed by atoms with E-state index in [0.717, 1.165) is 12.0 Å². The molecular weight excluding hydrogens is 434 g/mol. The van der Waals surface area contributed by atoms with E-state index in [4.69, 9.17) is 4.74 Å². The van der Waals surface area contributed by atoms with Gasteiger partial charge in [0.15, 0.2) is 0 Å². The lowest BCUT2D eigenvalue weighted by atomic mass is 9.57. The number of hydrogen-bond acceptors (Lipinski definition) is 5. The molecule has 2 bridgehead atoms. The van der Waals surface area contributed by atoms with Gasteiger partial charge in [-0.05, 0) is 62.3 Å². The van der Waals surface area contributed by atoms with Gasteiger partial charge in [-0.15, -0.1) is 0 Å². The number of benzene rings is 1. The van der Waals surface area contributed by atoms with Crippen molar-refractivity contribution in [1.29, 1.82) is 0 Å². The van der Waals surface area contributed by atoms with E-state index in [1.54, 1.807) is 4.90 Å². The van der Waals surface area contributed by atoms with Gasteiger partial charge in [-0.2, -0.15) is 0 Å². The van der Waals surface area contributed by atoms with Crippen molar-refractivity contribution < 1.29 is 24.2 Å². The molecule has 0 aromatic heterocycles. The van der Waals surface area contributed by atoms with Gasteiger partial charge in [0.2, 0.25) is 11.8 Å². The van der Waals surface area contributed by atoms with E-state index in [9.17, 15) is 19.5 Å². The first-order chi connectivity index (χ1) is 15.9. The zero-order chi connectivity index (χ0) is 24.1. The number of carbonyl (C=O) groups is 3. The average Bonchev–Trinajstić information content (AvgIpc) is 3.37. The van der Waals surface area contributed by atoms with E-state index >= 15 is 0 Å². The summed E-state index contributed by atoms with van der Waals surface area (Å²) in [5.74, 6) is -0.501. The van der Waals surface area contributed by atoms with Gasteiger partial charge >= 0.3 is 0 Å². The molecule has 1 aromatic rings. The number of nitrogens with one attached hydrogen (secondary N) is 2. The monoisotopic (exact) mass is 463 g/mol. The van der Waals surface area contributed by atoms with Gasteiger partial charge in [-0.1, -0.05) is 19.9 Å². The topological polar surface area (TPSA) is 108 Å². The van der Waals surface area contributed by atoms with Gasteiger partial charge in [0.05, 0.1) is 5.69 Å². The van der Waals surface area contributed by atoms with Crippen molar-refractivity contribution in [3.8, 4) is 5.75 Å². The smallest absolute Gasteiger partial charge is 0.252 e. The number of hydrogen-bond donors (Lipinski definition) is 3. The molecule has 1 aromatic carbocycles. The predicted octanol–water partition coefficient (Wildman–Crippen LogP) is 1.71. The number of amides is 3. The summed E-state index contributed by atoms with van der Waals surface area (Å²) in [6.07, 6.45) is 4.33. The molecule has 1 aliphatic carbocycles. The minimum Gasteiger partial charge on any atom is -0.483 e. The Kier molecular flexibility index (Phi) is 3.32. The minimum absolute atomic E-state index is 0.199. The van der Waals surface area contributed by atoms with Crippen LogP contribution < -0.4 is 15.4 Å². The lowest BCUT2D eigenvalue weighted by Gasteiger charge is -2.59. The van der Waals surface area contributed by atoms with Crippen LogP contribution in [0.2, 0.25) is 0 Å². The van der Waals surface area contributed by atoms with Gasteiger partial charge < -0.3 is 25.4 Å². The molecule has 1 saturated carbocycles. The fourth-order valence-electron chi connectivity index (χ4n) is 8.37. The van der Waals surface area contributed by atoms with Gasteiger partial charge in [0.25, 0.3) is 5.91 Å². The lowest BCUT2D eigenvalue weighted by molar-refractivity contribution is -0.180. The van der Waals surface area contributed by atoms with E-state index in [0.29, 0.717) is 36.4 Å². The Balaban J connectivity index is 1.47. The van der Waals surface area contributed by atoms with Crippen molar-refractivity contribution >= 4 is 29.5 Å². The third-order valence-corrected chi connectivity index (χ3v) is 9.90. The number of aliphatic hydroxyl groups excluding tert-OH is 1. The van der Waals surface area contributed by atoms with Crippen molar-refractivity contribution in [1.82, 2.24) is 10.2 Å². The van der Waals surface area contributed by atoms with Crippen LogP contribution >= 0.6 is 0 Å². The quantitative estimate of drug-likeness (QED) is 0.543. The van der Waals surface area contributed by atoms with Crippen molar-refractivity contribution in [2.75, 3.05) is 11.9 Å². The molecule has 8 rings (SSSR count). The van der Waals surface area contributed by atoms with Crippen molar-refractivity contribution in [3.05, 3.63) is 29.3 Å². The number of ether oxygens (including phenoxy) is 1. The molecular formula is C26H29N3O5. The summed E-state index contributed by atoms with van der Waals surface area (Å²) in [6.45, 7) is 8.37. The number of aliphatic hydroxyl groups is 1. The Morgan fingerprint density at radius 1 is 1.12 bits per heavy atom. The van der Waals surface area contributed by atoms with E-state index in [2.05, 4.69) is 10.6 Å². The van der Waals surface area contributed by atoms with Crippen LogP contribution in [-0.4, -0.2) is 57.1 Å². The second-order valence-electron chi connectivity index (χ2n) is 12.0. The van der Waals surface area contributed by atoms with Crippen LogP contribution in [0.4, 0.5) is 5.69 Å². The maximum Gasteiger partial charge on any atom is 0.252 e. The molecule has 5 fully saturated rings. The average molecular weight is 464 g/mol. The summed E-state index contributed by atoms with van der Waals surface area (Å²) in [5.41, 5.74) is -3.02. The largest absolute Gasteiger partial charge is 0.483 e. The zero-order valence-electron chi connectivity index (χ0n) is 19.8. The van der Waals surface area contributed by atoms with Crippen LogP contribution in [0.3, 0.4) is 0 Å². The molecule has 0 unspecified atom stereocenters. The predicted molar refractivity (Wildman–Crippen MR) is 123 cm³/mol. The summed E-state index contributed by atoms with van der Waals surface area (Å²) < 4.78 is 6.11. The number of piperidine rings is 2. The second kappa shape index (κ2) is 5.51. The molecule has 3 spiro atoms. The number of carbonyl (C=O) groups excluding carboxylic acids is 3. The van der Waals surface area contributed by atoms with Crippen molar-refractivity contribution in [3.63, 3.8) is 0 Å². The highest BCUT2D eigenvalue weighted by Gasteiger charge is 2.85. The molecule has 0 radical (unpaired) electrons. The van der Waals surface area contributed by atoms with Crippen LogP contribution in [0.25, 0.3) is 6.08 Å². The molecule has 3 amide bonds. The SMILES string of the molecule is CC1(C)C=Cc2c(ccc3c2NC(=O)[C@@]32[C@H](O)[C@@]34NC(=O)[C@]5(CCCN5C3=O)C[C@H]4C2(C)C)O1. The third-order valence-electron chi connectivity index (χ3n) is 9.90. The fraction of sp³-hybridized carbons (Fsp3) is 0.577. The van der Waals surface area contributed by atoms with Crippen molar-refractivity contribution in [2.45, 2.75) is 75.2 Å². The first-order valence-electron chi connectivity index (χ1n) is 12.1. The minimum atomic E-state index is -1.52. The standard InChI is InChI=1S/C26H29N3O5/c1-22(2)10-8-13-15(34-22)7-6-14-17(13)27-20(32)25(14)18(30)26-16(23(25,3)4)12-24(19(31)28-26)9-5-11-29(24)21(26)33/h6-8,10,16,18,30H,5,9,11-12H2,1-4H3,(H,27,32)(H,28,31)/t16-,18-,24-,25-,26+/m0/s1. The molecule has 6 aliphatic heterocycles. The fourth-order valence-corrected chi connectivity index (χ4v) is 8.37. The highest BCUT2D eigenvalue weighted by molar-refractivity contribution is 6.13. The highest BCUT2D eigenvalue weighted by Crippen LogP contribution is 2.70. The molecule has 7 aliphatic rings. The third kappa shape index (κ3) is 1.80. The zero-order valence-corrected chi connectivity index (χ0v) is 19.8. The summed E-state index contributed by atoms with van der Waals surface area (Å²) in [7, 11) is 0. The first kappa shape index (κ1) is 20.5. The molecule has 8 heteroatoms. The Labute approximate surface area is 197 Å². The van der Waals surface area contributed by atoms with Crippen LogP contribution in [-0.2, 0) is 19.8 Å².